The van der Waals surface area contributed by atoms with Crippen LogP contribution in [0, 0.1) is 0 Å². The summed E-state index contributed by atoms with van der Waals surface area (Å²) in [6.07, 6.45) is 41.8. The Morgan fingerprint density at radius 3 is 1.20 bits per heavy atom. The first-order valence-corrected chi connectivity index (χ1v) is 24.6. The molecule has 0 aliphatic rings. The SMILES string of the molecule is CCCCCCCCCCCCCCCCCCCCCCCCCCOCC(COP(=O)(O)OCC(N)C(=O)O)OC(=O)CCCCCCCCCCC. The molecule has 328 valence electrons. The Morgan fingerprint density at radius 1 is 0.509 bits per heavy atom. The predicted octanol–water partition coefficient (Wildman–Crippen LogP) is 12.8. The van der Waals surface area contributed by atoms with Crippen LogP contribution in [0.2, 0.25) is 0 Å². The first-order valence-electron chi connectivity index (χ1n) is 23.1. The maximum absolute atomic E-state index is 12.5. The molecule has 0 fully saturated rings. The Hall–Kier alpha value is -1.03. The van der Waals surface area contributed by atoms with Crippen molar-refractivity contribution in [2.75, 3.05) is 26.4 Å². The number of ether oxygens (including phenoxy) is 2. The van der Waals surface area contributed by atoms with E-state index < -0.39 is 45.1 Å². The van der Waals surface area contributed by atoms with Gasteiger partial charge in [0, 0.05) is 13.0 Å². The number of aliphatic carboxylic acids is 1. The van der Waals surface area contributed by atoms with Gasteiger partial charge in [0.25, 0.3) is 0 Å². The van der Waals surface area contributed by atoms with Gasteiger partial charge in [-0.25, -0.2) is 4.57 Å². The number of phosphoric acid groups is 1. The lowest BCUT2D eigenvalue weighted by atomic mass is 10.0. The van der Waals surface area contributed by atoms with Crippen LogP contribution in [-0.4, -0.2) is 60.5 Å². The van der Waals surface area contributed by atoms with Crippen LogP contribution >= 0.6 is 7.82 Å². The first kappa shape index (κ1) is 54.0. The monoisotopic (exact) mass is 806 g/mol. The van der Waals surface area contributed by atoms with Gasteiger partial charge >= 0.3 is 19.8 Å². The molecule has 0 spiro atoms. The molecule has 0 radical (unpaired) electrons. The molecule has 55 heavy (non-hydrogen) atoms. The lowest BCUT2D eigenvalue weighted by Gasteiger charge is -2.20. The summed E-state index contributed by atoms with van der Waals surface area (Å²) in [4.78, 5) is 33.4. The van der Waals surface area contributed by atoms with E-state index in [-0.39, 0.29) is 13.0 Å². The second-order valence-corrected chi connectivity index (χ2v) is 17.4. The van der Waals surface area contributed by atoms with Crippen molar-refractivity contribution in [1.82, 2.24) is 0 Å². The normalized spacial score (nSPS) is 13.8. The Labute approximate surface area is 338 Å². The average molecular weight is 806 g/mol. The van der Waals surface area contributed by atoms with Gasteiger partial charge in [-0.15, -0.1) is 0 Å². The second kappa shape index (κ2) is 41.1. The zero-order valence-electron chi connectivity index (χ0n) is 35.8. The summed E-state index contributed by atoms with van der Waals surface area (Å²) in [6, 6.07) is -1.47. The summed E-state index contributed by atoms with van der Waals surface area (Å²) in [6.45, 7) is 3.90. The highest BCUT2D eigenvalue weighted by atomic mass is 31.2. The molecule has 3 atom stereocenters. The first-order chi connectivity index (χ1) is 26.7. The van der Waals surface area contributed by atoms with Crippen LogP contribution < -0.4 is 5.73 Å². The van der Waals surface area contributed by atoms with Crippen LogP contribution in [-0.2, 0) is 32.7 Å². The number of unbranched alkanes of at least 4 members (excludes halogenated alkanes) is 31. The molecule has 0 aromatic heterocycles. The van der Waals surface area contributed by atoms with Gasteiger partial charge in [0.1, 0.15) is 12.1 Å². The number of carbonyl (C=O) groups is 2. The van der Waals surface area contributed by atoms with Crippen molar-refractivity contribution in [3.05, 3.63) is 0 Å². The standard InChI is InChI=1S/C44H88NO9P/c1-3-5-7-9-11-13-14-15-16-17-18-19-20-21-22-23-24-25-26-27-29-31-33-35-37-51-38-41(39-52-55(49,50)53-40-42(45)44(47)48)54-43(46)36-34-32-30-28-12-10-8-6-4-2/h41-42H,3-40,45H2,1-2H3,(H,47,48)(H,49,50). The largest absolute Gasteiger partial charge is 0.480 e. The quantitative estimate of drug-likeness (QED) is 0.0308. The van der Waals surface area contributed by atoms with E-state index in [0.29, 0.717) is 6.61 Å². The third-order valence-electron chi connectivity index (χ3n) is 10.4. The van der Waals surface area contributed by atoms with E-state index in [1.54, 1.807) is 0 Å². The third kappa shape index (κ3) is 40.9. The molecule has 0 saturated heterocycles. The summed E-state index contributed by atoms with van der Waals surface area (Å²) in [7, 11) is -4.60. The minimum absolute atomic E-state index is 0.0253. The smallest absolute Gasteiger partial charge is 0.472 e. The third-order valence-corrected chi connectivity index (χ3v) is 11.3. The molecule has 3 unspecified atom stereocenters. The Balaban J connectivity index is 3.97. The van der Waals surface area contributed by atoms with E-state index in [0.717, 1.165) is 38.5 Å². The van der Waals surface area contributed by atoms with Gasteiger partial charge in [-0.3, -0.25) is 18.6 Å². The summed E-state index contributed by atoms with van der Waals surface area (Å²) >= 11 is 0. The molecule has 4 N–H and O–H groups in total. The van der Waals surface area contributed by atoms with E-state index in [1.165, 1.54) is 173 Å². The van der Waals surface area contributed by atoms with Crippen LogP contribution in [0.3, 0.4) is 0 Å². The number of nitrogens with two attached hydrogens (primary N) is 1. The minimum atomic E-state index is -4.60. The van der Waals surface area contributed by atoms with Crippen molar-refractivity contribution >= 4 is 19.8 Å². The van der Waals surface area contributed by atoms with Gasteiger partial charge in [-0.1, -0.05) is 213 Å². The highest BCUT2D eigenvalue weighted by molar-refractivity contribution is 7.47. The molecule has 0 amide bonds. The van der Waals surface area contributed by atoms with Gasteiger partial charge < -0.3 is 25.2 Å². The molecular formula is C44H88NO9P. The number of phosphoric ester groups is 1. The number of carboxylic acid groups (broad SMARTS) is 1. The summed E-state index contributed by atoms with van der Waals surface area (Å²) in [5.74, 6) is -1.77. The fourth-order valence-corrected chi connectivity index (χ4v) is 7.56. The number of esters is 1. The second-order valence-electron chi connectivity index (χ2n) is 15.9. The van der Waals surface area contributed by atoms with Gasteiger partial charge in [-0.05, 0) is 12.8 Å². The number of hydrogen-bond acceptors (Lipinski definition) is 8. The molecule has 0 saturated carbocycles. The van der Waals surface area contributed by atoms with Gasteiger partial charge in [-0.2, -0.15) is 0 Å². The van der Waals surface area contributed by atoms with Crippen LogP contribution in [0.1, 0.15) is 232 Å². The molecule has 0 bridgehead atoms. The minimum Gasteiger partial charge on any atom is -0.480 e. The van der Waals surface area contributed by atoms with E-state index in [9.17, 15) is 19.0 Å². The van der Waals surface area contributed by atoms with Crippen LogP contribution in [0.5, 0.6) is 0 Å². The van der Waals surface area contributed by atoms with Crippen LogP contribution in [0.15, 0.2) is 0 Å². The maximum Gasteiger partial charge on any atom is 0.472 e. The summed E-state index contributed by atoms with van der Waals surface area (Å²) < 4.78 is 33.3. The van der Waals surface area contributed by atoms with E-state index in [4.69, 9.17) is 29.4 Å². The molecule has 0 heterocycles. The number of rotatable bonds is 45. The molecule has 0 aliphatic heterocycles. The van der Waals surface area contributed by atoms with Crippen LogP contribution in [0.4, 0.5) is 0 Å². The topological polar surface area (TPSA) is 155 Å². The molecule has 10 nitrogen and oxygen atoms in total. The average Bonchev–Trinajstić information content (AvgIpc) is 3.16. The Kier molecular flexibility index (Phi) is 40.4. The zero-order valence-corrected chi connectivity index (χ0v) is 36.7. The van der Waals surface area contributed by atoms with Crippen LogP contribution in [0.25, 0.3) is 0 Å². The van der Waals surface area contributed by atoms with Crippen molar-refractivity contribution in [3.8, 4) is 0 Å². The number of hydrogen-bond donors (Lipinski definition) is 3. The molecule has 0 aliphatic carbocycles. The highest BCUT2D eigenvalue weighted by Gasteiger charge is 2.27. The summed E-state index contributed by atoms with van der Waals surface area (Å²) in [5, 5.41) is 8.88. The van der Waals surface area contributed by atoms with E-state index in [1.807, 2.05) is 0 Å². The fourth-order valence-electron chi connectivity index (χ4n) is 6.78. The predicted molar refractivity (Wildman–Crippen MR) is 226 cm³/mol. The van der Waals surface area contributed by atoms with Gasteiger partial charge in [0.15, 0.2) is 0 Å². The van der Waals surface area contributed by atoms with Crippen molar-refractivity contribution in [3.63, 3.8) is 0 Å². The Morgan fingerprint density at radius 2 is 0.836 bits per heavy atom. The molecule has 0 rings (SSSR count). The molecular weight excluding hydrogens is 717 g/mol. The lowest BCUT2D eigenvalue weighted by molar-refractivity contribution is -0.154. The highest BCUT2D eigenvalue weighted by Crippen LogP contribution is 2.43. The van der Waals surface area contributed by atoms with Gasteiger partial charge in [0.05, 0.1) is 19.8 Å². The molecule has 11 heteroatoms. The van der Waals surface area contributed by atoms with Crippen molar-refractivity contribution in [1.29, 1.82) is 0 Å². The van der Waals surface area contributed by atoms with Gasteiger partial charge in [0.2, 0.25) is 0 Å². The van der Waals surface area contributed by atoms with Crippen molar-refractivity contribution in [2.45, 2.75) is 244 Å². The summed E-state index contributed by atoms with van der Waals surface area (Å²) in [5.41, 5.74) is 5.35. The Bertz CT molecular complexity index is 893. The molecule has 0 aromatic rings. The van der Waals surface area contributed by atoms with Crippen molar-refractivity contribution < 1.29 is 42.7 Å². The van der Waals surface area contributed by atoms with E-state index >= 15 is 0 Å². The molecule has 0 aromatic carbocycles. The lowest BCUT2D eigenvalue weighted by Crippen LogP contribution is -2.34. The number of carbonyl (C=O) groups excluding carboxylic acids is 1. The zero-order chi connectivity index (χ0) is 40.5. The van der Waals surface area contributed by atoms with Crippen molar-refractivity contribution in [2.24, 2.45) is 5.73 Å². The number of carboxylic acids is 1. The van der Waals surface area contributed by atoms with E-state index in [2.05, 4.69) is 13.8 Å². The fraction of sp³-hybridized carbons (Fsp3) is 0.955. The maximum atomic E-state index is 12.5.